The Kier molecular flexibility index (Phi) is 6.16. The Morgan fingerprint density at radius 1 is 1.18 bits per heavy atom. The van der Waals surface area contributed by atoms with E-state index in [1.807, 2.05) is 73.9 Å². The zero-order chi connectivity index (χ0) is 18.8. The monoisotopic (exact) mass is 400 g/mol. The van der Waals surface area contributed by atoms with E-state index in [2.05, 4.69) is 15.5 Å². The van der Waals surface area contributed by atoms with Gasteiger partial charge in [0.1, 0.15) is 0 Å². The summed E-state index contributed by atoms with van der Waals surface area (Å²) in [5.41, 5.74) is 3.14. The first-order valence-electron chi connectivity index (χ1n) is 9.15. The van der Waals surface area contributed by atoms with Gasteiger partial charge in [0.25, 0.3) is 0 Å². The molecule has 1 saturated heterocycles. The third kappa shape index (κ3) is 4.10. The summed E-state index contributed by atoms with van der Waals surface area (Å²) in [7, 11) is 3.76. The van der Waals surface area contributed by atoms with Crippen LogP contribution in [-0.2, 0) is 18.4 Å². The fraction of sp³-hybridized carbons (Fsp3) is 0.350. The third-order valence-electron chi connectivity index (χ3n) is 5.14. The fourth-order valence-electron chi connectivity index (χ4n) is 3.72. The Balaban J connectivity index is 0.00000225. The Hall–Kier alpha value is -2.64. The Morgan fingerprint density at radius 2 is 1.96 bits per heavy atom. The van der Waals surface area contributed by atoms with Gasteiger partial charge in [-0.3, -0.25) is 9.48 Å². The maximum atomic E-state index is 13.0. The van der Waals surface area contributed by atoms with E-state index in [9.17, 15) is 4.79 Å². The van der Waals surface area contributed by atoms with Gasteiger partial charge in [-0.2, -0.15) is 10.2 Å². The summed E-state index contributed by atoms with van der Waals surface area (Å²) < 4.78 is 3.63. The van der Waals surface area contributed by atoms with Crippen molar-refractivity contribution < 1.29 is 4.79 Å². The Labute approximate surface area is 170 Å². The largest absolute Gasteiger partial charge is 0.341 e. The molecule has 1 aliphatic rings. The molecule has 1 N–H and O–H groups in total. The summed E-state index contributed by atoms with van der Waals surface area (Å²) in [6.07, 6.45) is 7.66. The van der Waals surface area contributed by atoms with Crippen LogP contribution in [0.25, 0.3) is 5.69 Å². The lowest BCUT2D eigenvalue weighted by Crippen LogP contribution is -2.35. The topological polar surface area (TPSA) is 68.0 Å². The predicted octanol–water partition coefficient (Wildman–Crippen LogP) is 1.99. The minimum Gasteiger partial charge on any atom is -0.341 e. The zero-order valence-electron chi connectivity index (χ0n) is 16.0. The molecule has 1 amide bonds. The molecule has 0 aliphatic carbocycles. The number of nitrogens with one attached hydrogen (secondary N) is 1. The molecular formula is C20H25ClN6O. The molecule has 0 bridgehead atoms. The first-order valence-corrected chi connectivity index (χ1v) is 9.15. The average Bonchev–Trinajstić information content (AvgIpc) is 3.42. The van der Waals surface area contributed by atoms with Gasteiger partial charge in [-0.25, -0.2) is 4.68 Å². The Morgan fingerprint density at radius 3 is 2.68 bits per heavy atom. The molecule has 3 aromatic rings. The van der Waals surface area contributed by atoms with Crippen LogP contribution in [0, 0.1) is 5.92 Å². The molecule has 1 aromatic carbocycles. The lowest BCUT2D eigenvalue weighted by atomic mass is 9.90. The van der Waals surface area contributed by atoms with Crippen molar-refractivity contribution in [1.82, 2.24) is 29.8 Å². The number of rotatable bonds is 5. The second-order valence-corrected chi connectivity index (χ2v) is 7.14. The summed E-state index contributed by atoms with van der Waals surface area (Å²) in [5.74, 6) is 0.255. The lowest BCUT2D eigenvalue weighted by molar-refractivity contribution is -0.134. The number of aryl methyl sites for hydroxylation is 1. The van der Waals surface area contributed by atoms with Gasteiger partial charge in [-0.15, -0.1) is 12.4 Å². The predicted molar refractivity (Wildman–Crippen MR) is 110 cm³/mol. The van der Waals surface area contributed by atoms with E-state index >= 15 is 0 Å². The van der Waals surface area contributed by atoms with Gasteiger partial charge in [0.2, 0.25) is 5.91 Å². The van der Waals surface area contributed by atoms with Crippen LogP contribution in [0.2, 0.25) is 0 Å². The number of amides is 1. The molecule has 7 nitrogen and oxygen atoms in total. The number of hydrogen-bond donors (Lipinski definition) is 1. The van der Waals surface area contributed by atoms with Crippen LogP contribution in [0.1, 0.15) is 17.0 Å². The van der Waals surface area contributed by atoms with Crippen LogP contribution in [0.5, 0.6) is 0 Å². The molecule has 4 rings (SSSR count). The van der Waals surface area contributed by atoms with Crippen LogP contribution in [0.15, 0.2) is 55.1 Å². The number of benzene rings is 1. The maximum absolute atomic E-state index is 13.0. The van der Waals surface area contributed by atoms with Crippen LogP contribution < -0.4 is 5.32 Å². The minimum absolute atomic E-state index is 0. The molecule has 2 aromatic heterocycles. The molecule has 28 heavy (non-hydrogen) atoms. The van der Waals surface area contributed by atoms with E-state index in [1.54, 1.807) is 9.58 Å². The summed E-state index contributed by atoms with van der Waals surface area (Å²) >= 11 is 0. The molecule has 1 fully saturated rings. The maximum Gasteiger partial charge on any atom is 0.227 e. The van der Waals surface area contributed by atoms with E-state index in [4.69, 9.17) is 0 Å². The van der Waals surface area contributed by atoms with Gasteiger partial charge in [0, 0.05) is 57.6 Å². The molecule has 2 atom stereocenters. The number of nitrogens with zero attached hydrogens (tertiary/aromatic N) is 5. The highest BCUT2D eigenvalue weighted by molar-refractivity contribution is 5.85. The lowest BCUT2D eigenvalue weighted by Gasteiger charge is -2.23. The second-order valence-electron chi connectivity index (χ2n) is 7.14. The third-order valence-corrected chi connectivity index (χ3v) is 5.14. The summed E-state index contributed by atoms with van der Waals surface area (Å²) in [6, 6.07) is 9.97. The standard InChI is InChI=1S/C20H24N6O.ClH/c1-24(12-15-8-23-26(13-15)17-6-4-3-5-7-17)20(27)19-11-21-10-18(19)16-9-22-25(2)14-16;/h3-9,13-14,18-19,21H,10-12H2,1-2H3;1H/t18-,19+;/m1./s1. The van der Waals surface area contributed by atoms with Crippen LogP contribution in [0.4, 0.5) is 0 Å². The van der Waals surface area contributed by atoms with E-state index < -0.39 is 0 Å². The van der Waals surface area contributed by atoms with Crippen molar-refractivity contribution >= 4 is 18.3 Å². The molecule has 1 aliphatic heterocycles. The van der Waals surface area contributed by atoms with Crippen molar-refractivity contribution in [1.29, 1.82) is 0 Å². The first kappa shape index (κ1) is 20.1. The SMILES string of the molecule is CN(Cc1cnn(-c2ccccc2)c1)C(=O)[C@H]1CNC[C@@H]1c1cnn(C)c1.Cl. The number of carbonyl (C=O) groups excluding carboxylic acids is 1. The van der Waals surface area contributed by atoms with Gasteiger partial charge in [0.05, 0.1) is 24.0 Å². The van der Waals surface area contributed by atoms with E-state index in [1.165, 1.54) is 0 Å². The van der Waals surface area contributed by atoms with Crippen LogP contribution in [-0.4, -0.2) is 50.5 Å². The minimum atomic E-state index is -0.0663. The molecule has 0 spiro atoms. The first-order chi connectivity index (χ1) is 13.1. The van der Waals surface area contributed by atoms with Gasteiger partial charge in [-0.05, 0) is 17.7 Å². The normalized spacial score (nSPS) is 18.6. The van der Waals surface area contributed by atoms with Crippen molar-refractivity contribution in [2.45, 2.75) is 12.5 Å². The van der Waals surface area contributed by atoms with Crippen LogP contribution >= 0.6 is 12.4 Å². The van der Waals surface area contributed by atoms with E-state index in [0.29, 0.717) is 13.1 Å². The quantitative estimate of drug-likeness (QED) is 0.711. The van der Waals surface area contributed by atoms with Crippen molar-refractivity contribution in [2.75, 3.05) is 20.1 Å². The molecule has 0 radical (unpaired) electrons. The van der Waals surface area contributed by atoms with Crippen molar-refractivity contribution in [3.8, 4) is 5.69 Å². The molecule has 0 unspecified atom stereocenters. The number of hydrogen-bond acceptors (Lipinski definition) is 4. The molecule has 8 heteroatoms. The van der Waals surface area contributed by atoms with Gasteiger partial charge >= 0.3 is 0 Å². The molecule has 148 valence electrons. The highest BCUT2D eigenvalue weighted by atomic mass is 35.5. The highest BCUT2D eigenvalue weighted by Crippen LogP contribution is 2.29. The number of halogens is 1. The van der Waals surface area contributed by atoms with Crippen molar-refractivity contribution in [2.24, 2.45) is 13.0 Å². The van der Waals surface area contributed by atoms with E-state index in [0.717, 1.165) is 23.4 Å². The van der Waals surface area contributed by atoms with Gasteiger partial charge in [-0.1, -0.05) is 18.2 Å². The van der Waals surface area contributed by atoms with Crippen molar-refractivity contribution in [3.63, 3.8) is 0 Å². The van der Waals surface area contributed by atoms with E-state index in [-0.39, 0.29) is 30.2 Å². The molecule has 0 saturated carbocycles. The van der Waals surface area contributed by atoms with Crippen molar-refractivity contribution in [3.05, 3.63) is 66.2 Å². The number of para-hydroxylation sites is 1. The summed E-state index contributed by atoms with van der Waals surface area (Å²) in [6.45, 7) is 2.05. The van der Waals surface area contributed by atoms with Gasteiger partial charge in [0.15, 0.2) is 0 Å². The summed E-state index contributed by atoms with van der Waals surface area (Å²) in [4.78, 5) is 14.8. The highest BCUT2D eigenvalue weighted by Gasteiger charge is 2.36. The number of carbonyl (C=O) groups is 1. The van der Waals surface area contributed by atoms with Gasteiger partial charge < -0.3 is 10.2 Å². The van der Waals surface area contributed by atoms with Crippen LogP contribution in [0.3, 0.4) is 0 Å². The summed E-state index contributed by atoms with van der Waals surface area (Å²) in [5, 5.41) is 12.0. The average molecular weight is 401 g/mol. The zero-order valence-corrected chi connectivity index (χ0v) is 16.8. The fourth-order valence-corrected chi connectivity index (χ4v) is 3.72. The molecule has 3 heterocycles. The second kappa shape index (κ2) is 8.58. The Bertz CT molecular complexity index is 922. The molecular weight excluding hydrogens is 376 g/mol. The smallest absolute Gasteiger partial charge is 0.227 e. The number of aromatic nitrogens is 4.